The molecular formula is C15H25N3O2. The number of amides is 2. The molecule has 0 aromatic rings. The van der Waals surface area contributed by atoms with Crippen molar-refractivity contribution in [1.29, 1.82) is 5.26 Å². The van der Waals surface area contributed by atoms with Crippen molar-refractivity contribution in [2.24, 2.45) is 5.92 Å². The molecule has 20 heavy (non-hydrogen) atoms. The van der Waals surface area contributed by atoms with Crippen molar-refractivity contribution in [1.82, 2.24) is 10.2 Å². The lowest BCUT2D eigenvalue weighted by Crippen LogP contribution is -2.46. The zero-order chi connectivity index (χ0) is 15.0. The normalized spacial score (nSPS) is 17.1. The van der Waals surface area contributed by atoms with E-state index in [1.807, 2.05) is 6.07 Å². The maximum absolute atomic E-state index is 12.0. The number of nitrogens with zero attached hydrogens (tertiary/aromatic N) is 2. The first-order valence-corrected chi connectivity index (χ1v) is 7.46. The van der Waals surface area contributed by atoms with Crippen molar-refractivity contribution in [3.63, 3.8) is 0 Å². The lowest BCUT2D eigenvalue weighted by atomic mass is 9.87. The van der Waals surface area contributed by atoms with Crippen molar-refractivity contribution in [2.45, 2.75) is 57.9 Å². The highest BCUT2D eigenvalue weighted by Gasteiger charge is 2.22. The number of hydrogen-bond acceptors (Lipinski definition) is 3. The molecule has 0 bridgehead atoms. The average molecular weight is 279 g/mol. The van der Waals surface area contributed by atoms with Gasteiger partial charge in [0.25, 0.3) is 0 Å². The molecule has 5 heteroatoms. The molecular weight excluding hydrogens is 254 g/mol. The number of carbonyl (C=O) groups is 2. The zero-order valence-electron chi connectivity index (χ0n) is 12.5. The molecule has 1 rings (SSSR count). The Bertz CT molecular complexity index is 370. The van der Waals surface area contributed by atoms with E-state index in [-0.39, 0.29) is 11.8 Å². The summed E-state index contributed by atoms with van der Waals surface area (Å²) in [7, 11) is 1.66. The lowest BCUT2D eigenvalue weighted by Gasteiger charge is -2.24. The van der Waals surface area contributed by atoms with Gasteiger partial charge in [0.15, 0.2) is 0 Å². The first-order chi connectivity index (χ1) is 9.54. The van der Waals surface area contributed by atoms with Gasteiger partial charge in [-0.15, -0.1) is 0 Å². The Hall–Kier alpha value is -1.57. The van der Waals surface area contributed by atoms with Crippen LogP contribution < -0.4 is 5.32 Å². The van der Waals surface area contributed by atoms with Gasteiger partial charge in [-0.25, -0.2) is 0 Å². The van der Waals surface area contributed by atoms with E-state index in [1.165, 1.54) is 24.2 Å². The van der Waals surface area contributed by atoms with Crippen molar-refractivity contribution in [3.8, 4) is 6.07 Å². The molecule has 112 valence electrons. The number of nitriles is 1. The molecule has 1 saturated carbocycles. The van der Waals surface area contributed by atoms with Gasteiger partial charge in [0.2, 0.25) is 11.8 Å². The molecule has 0 unspecified atom stereocenters. The van der Waals surface area contributed by atoms with Gasteiger partial charge in [-0.05, 0) is 25.7 Å². The van der Waals surface area contributed by atoms with Crippen molar-refractivity contribution >= 4 is 11.8 Å². The molecule has 0 aromatic heterocycles. The van der Waals surface area contributed by atoms with Crippen LogP contribution in [0, 0.1) is 17.2 Å². The van der Waals surface area contributed by atoms with Crippen LogP contribution in [-0.4, -0.2) is 36.3 Å². The minimum atomic E-state index is -0.519. The van der Waals surface area contributed by atoms with Crippen LogP contribution in [0.1, 0.15) is 51.9 Å². The Morgan fingerprint density at radius 3 is 2.60 bits per heavy atom. The number of carbonyl (C=O) groups excluding carboxylic acids is 2. The van der Waals surface area contributed by atoms with Gasteiger partial charge in [0, 0.05) is 20.0 Å². The standard InChI is InChI=1S/C15H25N3O2/c1-12(15(20)18(2)10-6-9-16)17-14(19)11-13-7-4-3-5-8-13/h12-13H,3-8,10-11H2,1-2H3,(H,17,19)/t12-/m0/s1. The quantitative estimate of drug-likeness (QED) is 0.806. The minimum absolute atomic E-state index is 0.0357. The molecule has 0 aliphatic heterocycles. The molecule has 0 saturated heterocycles. The second kappa shape index (κ2) is 8.57. The molecule has 1 N–H and O–H groups in total. The van der Waals surface area contributed by atoms with Crippen LogP contribution in [0.15, 0.2) is 0 Å². The zero-order valence-corrected chi connectivity index (χ0v) is 12.5. The second-order valence-electron chi connectivity index (χ2n) is 5.67. The highest BCUT2D eigenvalue weighted by molar-refractivity contribution is 5.87. The molecule has 0 spiro atoms. The van der Waals surface area contributed by atoms with Crippen LogP contribution in [0.4, 0.5) is 0 Å². The van der Waals surface area contributed by atoms with Crippen LogP contribution in [-0.2, 0) is 9.59 Å². The summed E-state index contributed by atoms with van der Waals surface area (Å²) < 4.78 is 0. The fourth-order valence-corrected chi connectivity index (χ4v) is 2.67. The Balaban J connectivity index is 2.32. The van der Waals surface area contributed by atoms with Crippen LogP contribution in [0.25, 0.3) is 0 Å². The average Bonchev–Trinajstić information content (AvgIpc) is 2.44. The summed E-state index contributed by atoms with van der Waals surface area (Å²) in [6.45, 7) is 2.10. The van der Waals surface area contributed by atoms with Gasteiger partial charge < -0.3 is 10.2 Å². The smallest absolute Gasteiger partial charge is 0.244 e. The van der Waals surface area contributed by atoms with E-state index in [1.54, 1.807) is 14.0 Å². The first-order valence-electron chi connectivity index (χ1n) is 7.46. The van der Waals surface area contributed by atoms with Gasteiger partial charge in [-0.2, -0.15) is 5.26 Å². The van der Waals surface area contributed by atoms with Crippen LogP contribution in [0.5, 0.6) is 0 Å². The summed E-state index contributed by atoms with van der Waals surface area (Å²) in [6, 6.07) is 1.49. The minimum Gasteiger partial charge on any atom is -0.345 e. The predicted molar refractivity (Wildman–Crippen MR) is 76.7 cm³/mol. The van der Waals surface area contributed by atoms with E-state index < -0.39 is 6.04 Å². The Kier molecular flexibility index (Phi) is 7.06. The lowest BCUT2D eigenvalue weighted by molar-refractivity contribution is -0.135. The van der Waals surface area contributed by atoms with E-state index in [2.05, 4.69) is 5.32 Å². The first kappa shape index (κ1) is 16.5. The number of hydrogen-bond donors (Lipinski definition) is 1. The van der Waals surface area contributed by atoms with E-state index in [4.69, 9.17) is 5.26 Å². The topological polar surface area (TPSA) is 73.2 Å². The van der Waals surface area contributed by atoms with Crippen LogP contribution >= 0.6 is 0 Å². The van der Waals surface area contributed by atoms with Gasteiger partial charge in [-0.1, -0.05) is 19.3 Å². The van der Waals surface area contributed by atoms with Gasteiger partial charge in [0.05, 0.1) is 12.5 Å². The van der Waals surface area contributed by atoms with E-state index >= 15 is 0 Å². The molecule has 1 atom stereocenters. The number of likely N-dealkylation sites (N-methyl/N-ethyl adjacent to an activating group) is 1. The molecule has 1 fully saturated rings. The predicted octanol–water partition coefficient (Wildman–Crippen LogP) is 1.83. The monoisotopic (exact) mass is 279 g/mol. The second-order valence-corrected chi connectivity index (χ2v) is 5.67. The molecule has 0 radical (unpaired) electrons. The molecule has 2 amide bonds. The van der Waals surface area contributed by atoms with Crippen LogP contribution in [0.3, 0.4) is 0 Å². The highest BCUT2D eigenvalue weighted by atomic mass is 16.2. The largest absolute Gasteiger partial charge is 0.345 e. The Morgan fingerprint density at radius 2 is 2.00 bits per heavy atom. The third-order valence-electron chi connectivity index (χ3n) is 3.88. The van der Waals surface area contributed by atoms with E-state index in [0.29, 0.717) is 25.3 Å². The van der Waals surface area contributed by atoms with Gasteiger partial charge in [-0.3, -0.25) is 9.59 Å². The Labute approximate surface area is 121 Å². The molecule has 0 heterocycles. The third-order valence-corrected chi connectivity index (χ3v) is 3.88. The highest BCUT2D eigenvalue weighted by Crippen LogP contribution is 2.26. The van der Waals surface area contributed by atoms with Crippen LogP contribution in [0.2, 0.25) is 0 Å². The molecule has 0 aromatic carbocycles. The summed E-state index contributed by atoms with van der Waals surface area (Å²) in [5, 5.41) is 11.3. The summed E-state index contributed by atoms with van der Waals surface area (Å²) in [5.74, 6) is 0.297. The number of rotatable bonds is 6. The van der Waals surface area contributed by atoms with Gasteiger partial charge >= 0.3 is 0 Å². The fourth-order valence-electron chi connectivity index (χ4n) is 2.67. The summed E-state index contributed by atoms with van der Waals surface area (Å²) in [4.78, 5) is 25.4. The summed E-state index contributed by atoms with van der Waals surface area (Å²) in [5.41, 5.74) is 0. The number of nitrogens with one attached hydrogen (secondary N) is 1. The van der Waals surface area contributed by atoms with Gasteiger partial charge in [0.1, 0.15) is 6.04 Å². The third kappa shape index (κ3) is 5.60. The van der Waals surface area contributed by atoms with Crippen molar-refractivity contribution in [3.05, 3.63) is 0 Å². The van der Waals surface area contributed by atoms with Crippen molar-refractivity contribution in [2.75, 3.05) is 13.6 Å². The van der Waals surface area contributed by atoms with E-state index in [9.17, 15) is 9.59 Å². The molecule has 1 aliphatic carbocycles. The SMILES string of the molecule is C[C@H](NC(=O)CC1CCCCC1)C(=O)N(C)CCC#N. The summed E-state index contributed by atoms with van der Waals surface area (Å²) >= 11 is 0. The molecule has 5 nitrogen and oxygen atoms in total. The maximum Gasteiger partial charge on any atom is 0.244 e. The van der Waals surface area contributed by atoms with E-state index in [0.717, 1.165) is 12.8 Å². The molecule has 1 aliphatic rings. The summed E-state index contributed by atoms with van der Waals surface area (Å²) in [6.07, 6.45) is 6.78. The Morgan fingerprint density at radius 1 is 1.35 bits per heavy atom. The fraction of sp³-hybridized carbons (Fsp3) is 0.800. The van der Waals surface area contributed by atoms with Crippen molar-refractivity contribution < 1.29 is 9.59 Å². The maximum atomic E-state index is 12.0.